The lowest BCUT2D eigenvalue weighted by Crippen LogP contribution is -2.41. The smallest absolute Gasteiger partial charge is 0.349 e. The average Bonchev–Trinajstić information content (AvgIpc) is 2.77. The van der Waals surface area contributed by atoms with Gasteiger partial charge in [-0.05, 0) is 39.2 Å². The van der Waals surface area contributed by atoms with Crippen LogP contribution in [0, 0.1) is 13.8 Å². The van der Waals surface area contributed by atoms with Gasteiger partial charge in [0.2, 0.25) is 0 Å². The van der Waals surface area contributed by atoms with Gasteiger partial charge in [0.1, 0.15) is 15.5 Å². The minimum absolute atomic E-state index is 0.151. The standard InChI is InChI=1S/C19H25N3O4S/c1-10-14-17(24)20-12(3)21-18(14)27-15(10)19(25)26-11(2)16(23)22-13-8-6-4-5-7-9-13/h11,13H,4-9H2,1-3H3,(H,22,23)(H,20,21,24)/t11-/m0/s1. The average molecular weight is 391 g/mol. The minimum atomic E-state index is -0.890. The van der Waals surface area contributed by atoms with Gasteiger partial charge >= 0.3 is 5.97 Å². The van der Waals surface area contributed by atoms with Crippen LogP contribution in [-0.4, -0.2) is 34.0 Å². The van der Waals surface area contributed by atoms with Gasteiger partial charge in [-0.25, -0.2) is 9.78 Å². The molecule has 0 radical (unpaired) electrons. The van der Waals surface area contributed by atoms with Crippen molar-refractivity contribution < 1.29 is 14.3 Å². The van der Waals surface area contributed by atoms with Crippen molar-refractivity contribution in [1.82, 2.24) is 15.3 Å². The van der Waals surface area contributed by atoms with Crippen LogP contribution in [0.25, 0.3) is 10.2 Å². The maximum absolute atomic E-state index is 12.6. The van der Waals surface area contributed by atoms with Gasteiger partial charge in [-0.15, -0.1) is 11.3 Å². The van der Waals surface area contributed by atoms with E-state index in [4.69, 9.17) is 4.74 Å². The molecule has 0 aromatic carbocycles. The molecule has 7 nitrogen and oxygen atoms in total. The molecule has 0 bridgehead atoms. The summed E-state index contributed by atoms with van der Waals surface area (Å²) >= 11 is 1.12. The molecule has 146 valence electrons. The summed E-state index contributed by atoms with van der Waals surface area (Å²) in [4.78, 5) is 44.8. The van der Waals surface area contributed by atoms with Crippen LogP contribution in [0.4, 0.5) is 0 Å². The highest BCUT2D eigenvalue weighted by Crippen LogP contribution is 2.28. The van der Waals surface area contributed by atoms with Crippen molar-refractivity contribution in [2.45, 2.75) is 71.4 Å². The van der Waals surface area contributed by atoms with Crippen molar-refractivity contribution in [3.05, 3.63) is 26.6 Å². The Hall–Kier alpha value is -2.22. The van der Waals surface area contributed by atoms with E-state index in [9.17, 15) is 14.4 Å². The van der Waals surface area contributed by atoms with E-state index in [-0.39, 0.29) is 17.5 Å². The lowest BCUT2D eigenvalue weighted by atomic mass is 10.1. The summed E-state index contributed by atoms with van der Waals surface area (Å²) in [6, 6.07) is 0.151. The number of carbonyl (C=O) groups is 2. The molecule has 1 saturated carbocycles. The molecule has 1 amide bonds. The van der Waals surface area contributed by atoms with E-state index < -0.39 is 12.1 Å². The lowest BCUT2D eigenvalue weighted by Gasteiger charge is -2.19. The van der Waals surface area contributed by atoms with Gasteiger partial charge in [0, 0.05) is 6.04 Å². The van der Waals surface area contributed by atoms with Gasteiger partial charge < -0.3 is 15.0 Å². The Balaban J connectivity index is 1.70. The highest BCUT2D eigenvalue weighted by Gasteiger charge is 2.25. The van der Waals surface area contributed by atoms with Crippen molar-refractivity contribution in [2.75, 3.05) is 0 Å². The number of nitrogens with zero attached hydrogens (tertiary/aromatic N) is 1. The Morgan fingerprint density at radius 2 is 1.89 bits per heavy atom. The van der Waals surface area contributed by atoms with E-state index in [1.165, 1.54) is 12.8 Å². The summed E-state index contributed by atoms with van der Waals surface area (Å²) in [6.07, 6.45) is 5.68. The minimum Gasteiger partial charge on any atom is -0.448 e. The molecule has 0 aliphatic heterocycles. The van der Waals surface area contributed by atoms with Crippen molar-refractivity contribution in [1.29, 1.82) is 0 Å². The molecule has 8 heteroatoms. The number of aromatic nitrogens is 2. The van der Waals surface area contributed by atoms with Crippen LogP contribution in [0.15, 0.2) is 4.79 Å². The second-order valence-corrected chi connectivity index (χ2v) is 8.13. The molecular formula is C19H25N3O4S. The molecule has 1 fully saturated rings. The van der Waals surface area contributed by atoms with E-state index in [1.807, 2.05) is 0 Å². The van der Waals surface area contributed by atoms with Crippen LogP contribution in [0.3, 0.4) is 0 Å². The van der Waals surface area contributed by atoms with Gasteiger partial charge in [-0.3, -0.25) is 9.59 Å². The molecule has 1 aliphatic rings. The fraction of sp³-hybridized carbons (Fsp3) is 0.579. The number of rotatable bonds is 4. The van der Waals surface area contributed by atoms with Crippen LogP contribution < -0.4 is 10.9 Å². The van der Waals surface area contributed by atoms with E-state index in [0.717, 1.165) is 37.0 Å². The monoisotopic (exact) mass is 391 g/mol. The topological polar surface area (TPSA) is 101 Å². The lowest BCUT2D eigenvalue weighted by molar-refractivity contribution is -0.129. The fourth-order valence-corrected chi connectivity index (χ4v) is 4.57. The van der Waals surface area contributed by atoms with Crippen LogP contribution in [0.1, 0.15) is 66.5 Å². The van der Waals surface area contributed by atoms with Crippen LogP contribution in [0.5, 0.6) is 0 Å². The Kier molecular flexibility index (Phi) is 5.94. The van der Waals surface area contributed by atoms with Crippen LogP contribution in [-0.2, 0) is 9.53 Å². The third kappa shape index (κ3) is 4.37. The number of hydrogen-bond donors (Lipinski definition) is 2. The number of aryl methyl sites for hydroxylation is 2. The Morgan fingerprint density at radius 3 is 2.56 bits per heavy atom. The summed E-state index contributed by atoms with van der Waals surface area (Å²) < 4.78 is 5.37. The maximum atomic E-state index is 12.6. The van der Waals surface area contributed by atoms with Gasteiger partial charge in [0.25, 0.3) is 11.5 Å². The number of carbonyl (C=O) groups excluding carboxylic acids is 2. The normalized spacial score (nSPS) is 16.7. The zero-order valence-corrected chi connectivity index (χ0v) is 16.7. The summed E-state index contributed by atoms with van der Waals surface area (Å²) in [5.41, 5.74) is 0.259. The SMILES string of the molecule is Cc1nc2sc(C(=O)O[C@@H](C)C(=O)NC3CCCCCC3)c(C)c2c(=O)[nH]1. The predicted octanol–water partition coefficient (Wildman–Crippen LogP) is 2.99. The molecule has 2 heterocycles. The zero-order valence-electron chi connectivity index (χ0n) is 15.9. The first-order valence-electron chi connectivity index (χ1n) is 9.38. The number of amides is 1. The molecule has 27 heavy (non-hydrogen) atoms. The summed E-state index contributed by atoms with van der Waals surface area (Å²) in [5, 5.41) is 3.39. The van der Waals surface area contributed by atoms with E-state index in [1.54, 1.807) is 20.8 Å². The molecule has 2 N–H and O–H groups in total. The van der Waals surface area contributed by atoms with Crippen LogP contribution in [0.2, 0.25) is 0 Å². The first-order valence-corrected chi connectivity index (χ1v) is 10.2. The first-order chi connectivity index (χ1) is 12.9. The van der Waals surface area contributed by atoms with E-state index in [2.05, 4.69) is 15.3 Å². The fourth-order valence-electron chi connectivity index (χ4n) is 3.46. The number of ether oxygens (including phenoxy) is 1. The molecule has 1 atom stereocenters. The third-order valence-electron chi connectivity index (χ3n) is 4.96. The molecule has 2 aromatic heterocycles. The third-order valence-corrected chi connectivity index (χ3v) is 6.12. The molecule has 1 aliphatic carbocycles. The van der Waals surface area contributed by atoms with Gasteiger partial charge in [-0.1, -0.05) is 25.7 Å². The second kappa shape index (κ2) is 8.21. The number of esters is 1. The Bertz CT molecular complexity index is 910. The Labute approximate surface area is 161 Å². The van der Waals surface area contributed by atoms with Crippen LogP contribution >= 0.6 is 11.3 Å². The molecular weight excluding hydrogens is 366 g/mol. The van der Waals surface area contributed by atoms with Gasteiger partial charge in [0.15, 0.2) is 6.10 Å². The molecule has 2 aromatic rings. The number of fused-ring (bicyclic) bond motifs is 1. The van der Waals surface area contributed by atoms with Gasteiger partial charge in [-0.2, -0.15) is 0 Å². The van der Waals surface area contributed by atoms with E-state index >= 15 is 0 Å². The maximum Gasteiger partial charge on any atom is 0.349 e. The molecule has 0 unspecified atom stereocenters. The number of hydrogen-bond acceptors (Lipinski definition) is 6. The van der Waals surface area contributed by atoms with Crippen molar-refractivity contribution in [3.63, 3.8) is 0 Å². The number of aromatic amines is 1. The van der Waals surface area contributed by atoms with Crippen molar-refractivity contribution in [3.8, 4) is 0 Å². The summed E-state index contributed by atoms with van der Waals surface area (Å²) in [6.45, 7) is 4.95. The molecule has 0 spiro atoms. The zero-order chi connectivity index (χ0) is 19.6. The Morgan fingerprint density at radius 1 is 1.22 bits per heavy atom. The van der Waals surface area contributed by atoms with Crippen molar-refractivity contribution in [2.24, 2.45) is 0 Å². The first kappa shape index (κ1) is 19.5. The number of thiophene rings is 1. The predicted molar refractivity (Wildman–Crippen MR) is 104 cm³/mol. The second-order valence-electron chi connectivity index (χ2n) is 7.13. The summed E-state index contributed by atoms with van der Waals surface area (Å²) in [7, 11) is 0. The van der Waals surface area contributed by atoms with Crippen molar-refractivity contribution >= 4 is 33.4 Å². The van der Waals surface area contributed by atoms with E-state index in [0.29, 0.717) is 26.5 Å². The molecule has 0 saturated heterocycles. The number of nitrogens with one attached hydrogen (secondary N) is 2. The largest absolute Gasteiger partial charge is 0.448 e. The number of H-pyrrole nitrogens is 1. The highest BCUT2D eigenvalue weighted by atomic mass is 32.1. The quantitative estimate of drug-likeness (QED) is 0.616. The molecule has 3 rings (SSSR count). The van der Waals surface area contributed by atoms with Gasteiger partial charge in [0.05, 0.1) is 5.39 Å². The summed E-state index contributed by atoms with van der Waals surface area (Å²) in [5.74, 6) is -0.387. The highest BCUT2D eigenvalue weighted by molar-refractivity contribution is 7.20.